The van der Waals surface area contributed by atoms with Crippen molar-refractivity contribution in [2.45, 2.75) is 13.5 Å². The summed E-state index contributed by atoms with van der Waals surface area (Å²) in [5, 5.41) is 13.3. The monoisotopic (exact) mass is 416 g/mol. The third-order valence-corrected chi connectivity index (χ3v) is 4.40. The van der Waals surface area contributed by atoms with E-state index in [0.29, 0.717) is 23.6 Å². The molecule has 156 valence electrons. The van der Waals surface area contributed by atoms with Gasteiger partial charge in [-0.05, 0) is 48.4 Å². The summed E-state index contributed by atoms with van der Waals surface area (Å²) in [6.07, 6.45) is 1.49. The summed E-state index contributed by atoms with van der Waals surface area (Å²) in [5.74, 6) is -0.324. The van der Waals surface area contributed by atoms with Gasteiger partial charge in [0.05, 0.1) is 10.5 Å². The number of hydrogen-bond donors (Lipinski definition) is 1. The van der Waals surface area contributed by atoms with E-state index in [1.165, 1.54) is 37.3 Å². The van der Waals surface area contributed by atoms with E-state index in [1.807, 2.05) is 30.3 Å². The van der Waals surface area contributed by atoms with E-state index in [4.69, 9.17) is 4.74 Å². The Morgan fingerprint density at radius 1 is 0.968 bits per heavy atom. The standard InChI is InChI=1S/C24H20N2O5/c1-17(27)23(24(28)25-20-9-11-21(12-10-20)26(29)30)15-18-7-13-22(14-8-18)31-16-19-5-3-2-4-6-19/h2-15H,16H2,1H3,(H,25,28)/b23-15+. The number of rotatable bonds is 8. The molecule has 3 aromatic rings. The maximum Gasteiger partial charge on any atom is 0.269 e. The maximum absolute atomic E-state index is 12.5. The number of ketones is 1. The lowest BCUT2D eigenvalue weighted by Crippen LogP contribution is -2.18. The van der Waals surface area contributed by atoms with Gasteiger partial charge in [-0.25, -0.2) is 0 Å². The van der Waals surface area contributed by atoms with Gasteiger partial charge in [-0.15, -0.1) is 0 Å². The molecule has 0 unspecified atom stereocenters. The number of ether oxygens (including phenoxy) is 1. The van der Waals surface area contributed by atoms with Crippen molar-refractivity contribution in [1.82, 2.24) is 0 Å². The molecule has 0 saturated carbocycles. The number of nitro benzene ring substituents is 1. The van der Waals surface area contributed by atoms with Gasteiger partial charge in [-0.1, -0.05) is 42.5 Å². The minimum Gasteiger partial charge on any atom is -0.489 e. The molecule has 0 atom stereocenters. The molecule has 3 aromatic carbocycles. The molecule has 0 radical (unpaired) electrons. The zero-order chi connectivity index (χ0) is 22.2. The van der Waals surface area contributed by atoms with Crippen molar-refractivity contribution in [2.75, 3.05) is 5.32 Å². The first-order valence-corrected chi connectivity index (χ1v) is 9.47. The van der Waals surface area contributed by atoms with E-state index >= 15 is 0 Å². The second-order valence-corrected chi connectivity index (χ2v) is 6.72. The zero-order valence-corrected chi connectivity index (χ0v) is 16.8. The van der Waals surface area contributed by atoms with Gasteiger partial charge < -0.3 is 10.1 Å². The van der Waals surface area contributed by atoms with E-state index in [9.17, 15) is 19.7 Å². The van der Waals surface area contributed by atoms with Crippen LogP contribution in [0.25, 0.3) is 6.08 Å². The molecule has 7 nitrogen and oxygen atoms in total. The normalized spacial score (nSPS) is 10.9. The molecular weight excluding hydrogens is 396 g/mol. The first-order valence-electron chi connectivity index (χ1n) is 9.47. The Balaban J connectivity index is 1.68. The largest absolute Gasteiger partial charge is 0.489 e. The van der Waals surface area contributed by atoms with Gasteiger partial charge in [0.15, 0.2) is 5.78 Å². The van der Waals surface area contributed by atoms with Crippen molar-refractivity contribution in [3.05, 3.63) is 106 Å². The highest BCUT2D eigenvalue weighted by molar-refractivity contribution is 6.25. The van der Waals surface area contributed by atoms with Crippen molar-refractivity contribution in [2.24, 2.45) is 0 Å². The van der Waals surface area contributed by atoms with E-state index in [0.717, 1.165) is 5.56 Å². The van der Waals surface area contributed by atoms with Crippen LogP contribution in [0.1, 0.15) is 18.1 Å². The van der Waals surface area contributed by atoms with Crippen LogP contribution in [0.3, 0.4) is 0 Å². The van der Waals surface area contributed by atoms with Gasteiger partial charge in [0, 0.05) is 17.8 Å². The Bertz CT molecular complexity index is 1100. The molecule has 7 heteroatoms. The van der Waals surface area contributed by atoms with Crippen molar-refractivity contribution in [1.29, 1.82) is 0 Å². The average Bonchev–Trinajstić information content (AvgIpc) is 2.77. The molecule has 1 N–H and O–H groups in total. The first-order chi connectivity index (χ1) is 14.9. The van der Waals surface area contributed by atoms with Crippen LogP contribution in [0.5, 0.6) is 5.75 Å². The van der Waals surface area contributed by atoms with Crippen LogP contribution in [0.4, 0.5) is 11.4 Å². The highest BCUT2D eigenvalue weighted by Crippen LogP contribution is 2.19. The van der Waals surface area contributed by atoms with E-state index < -0.39 is 16.6 Å². The maximum atomic E-state index is 12.5. The van der Waals surface area contributed by atoms with Crippen molar-refractivity contribution < 1.29 is 19.2 Å². The van der Waals surface area contributed by atoms with Gasteiger partial charge in [0.25, 0.3) is 11.6 Å². The SMILES string of the molecule is CC(=O)/C(=C\c1ccc(OCc2ccccc2)cc1)C(=O)Nc1ccc([N+](=O)[O-])cc1. The molecular formula is C24H20N2O5. The molecule has 3 rings (SSSR count). The quantitative estimate of drug-likeness (QED) is 0.187. The number of non-ortho nitro benzene ring substituents is 1. The molecule has 0 bridgehead atoms. The highest BCUT2D eigenvalue weighted by Gasteiger charge is 2.15. The Hall–Kier alpha value is -4.26. The highest BCUT2D eigenvalue weighted by atomic mass is 16.6. The number of carbonyl (C=O) groups excluding carboxylic acids is 2. The summed E-state index contributed by atoms with van der Waals surface area (Å²) < 4.78 is 5.74. The number of carbonyl (C=O) groups is 2. The Morgan fingerprint density at radius 3 is 2.19 bits per heavy atom. The predicted molar refractivity (Wildman–Crippen MR) is 118 cm³/mol. The molecule has 31 heavy (non-hydrogen) atoms. The van der Waals surface area contributed by atoms with Crippen LogP contribution in [0.2, 0.25) is 0 Å². The minimum absolute atomic E-state index is 0.0312. The summed E-state index contributed by atoms with van der Waals surface area (Å²) >= 11 is 0. The summed E-state index contributed by atoms with van der Waals surface area (Å²) in [6, 6.07) is 22.2. The Morgan fingerprint density at radius 2 is 1.61 bits per heavy atom. The summed E-state index contributed by atoms with van der Waals surface area (Å²) in [6.45, 7) is 1.74. The number of anilines is 1. The number of Topliss-reactive ketones (excluding diaryl/α,β-unsaturated/α-hetero) is 1. The zero-order valence-electron chi connectivity index (χ0n) is 16.8. The lowest BCUT2D eigenvalue weighted by Gasteiger charge is -2.08. The number of nitrogens with zero attached hydrogens (tertiary/aromatic N) is 1. The second kappa shape index (κ2) is 9.98. The third-order valence-electron chi connectivity index (χ3n) is 4.40. The molecule has 0 aliphatic carbocycles. The van der Waals surface area contributed by atoms with Crippen LogP contribution >= 0.6 is 0 Å². The average molecular weight is 416 g/mol. The molecule has 0 heterocycles. The van der Waals surface area contributed by atoms with Crippen LogP contribution in [0.15, 0.2) is 84.4 Å². The van der Waals surface area contributed by atoms with Gasteiger partial charge in [-0.2, -0.15) is 0 Å². The summed E-state index contributed by atoms with van der Waals surface area (Å²) in [4.78, 5) is 34.8. The van der Waals surface area contributed by atoms with Gasteiger partial charge in [0.1, 0.15) is 12.4 Å². The smallest absolute Gasteiger partial charge is 0.269 e. The van der Waals surface area contributed by atoms with E-state index in [2.05, 4.69) is 5.32 Å². The van der Waals surface area contributed by atoms with Crippen LogP contribution in [0, 0.1) is 10.1 Å². The molecule has 0 aliphatic heterocycles. The molecule has 0 fully saturated rings. The lowest BCUT2D eigenvalue weighted by molar-refractivity contribution is -0.384. The summed E-state index contributed by atoms with van der Waals surface area (Å²) in [5.41, 5.74) is 1.95. The fourth-order valence-corrected chi connectivity index (χ4v) is 2.76. The van der Waals surface area contributed by atoms with E-state index in [-0.39, 0.29) is 11.3 Å². The predicted octanol–water partition coefficient (Wildman–Crippen LogP) is 4.78. The van der Waals surface area contributed by atoms with Crippen LogP contribution in [-0.4, -0.2) is 16.6 Å². The third kappa shape index (κ3) is 6.11. The number of nitro groups is 1. The van der Waals surface area contributed by atoms with Gasteiger partial charge in [0.2, 0.25) is 0 Å². The van der Waals surface area contributed by atoms with E-state index in [1.54, 1.807) is 24.3 Å². The van der Waals surface area contributed by atoms with Crippen LogP contribution < -0.4 is 10.1 Å². The van der Waals surface area contributed by atoms with Crippen molar-refractivity contribution in [3.63, 3.8) is 0 Å². The minimum atomic E-state index is -0.592. The van der Waals surface area contributed by atoms with Crippen molar-refractivity contribution in [3.8, 4) is 5.75 Å². The molecule has 1 amide bonds. The fourth-order valence-electron chi connectivity index (χ4n) is 2.76. The molecule has 0 saturated heterocycles. The van der Waals surface area contributed by atoms with Crippen molar-refractivity contribution >= 4 is 29.1 Å². The second-order valence-electron chi connectivity index (χ2n) is 6.72. The fraction of sp³-hybridized carbons (Fsp3) is 0.0833. The number of benzene rings is 3. The van der Waals surface area contributed by atoms with Crippen LogP contribution in [-0.2, 0) is 16.2 Å². The first kappa shape index (κ1) is 21.4. The summed E-state index contributed by atoms with van der Waals surface area (Å²) in [7, 11) is 0. The molecule has 0 aliphatic rings. The Labute approximate surface area is 179 Å². The lowest BCUT2D eigenvalue weighted by atomic mass is 10.1. The number of amides is 1. The van der Waals surface area contributed by atoms with Gasteiger partial charge >= 0.3 is 0 Å². The number of hydrogen-bond acceptors (Lipinski definition) is 5. The number of nitrogens with one attached hydrogen (secondary N) is 1. The molecule has 0 aromatic heterocycles. The van der Waals surface area contributed by atoms with Gasteiger partial charge in [-0.3, -0.25) is 19.7 Å². The topological polar surface area (TPSA) is 98.5 Å². The Kier molecular flexibility index (Phi) is 6.90. The molecule has 0 spiro atoms.